The quantitative estimate of drug-likeness (QED) is 0.730. The second-order valence-electron chi connectivity index (χ2n) is 5.28. The molecule has 2 rings (SSSR count). The second kappa shape index (κ2) is 8.19. The SMILES string of the molecule is CN(C)CCCNc1ccnc(C(=O)NCc2ccco2)c1. The molecule has 6 heteroatoms. The summed E-state index contributed by atoms with van der Waals surface area (Å²) in [4.78, 5) is 18.3. The number of furan rings is 1. The van der Waals surface area contributed by atoms with Crippen LogP contribution in [0.3, 0.4) is 0 Å². The molecule has 6 nitrogen and oxygen atoms in total. The fourth-order valence-electron chi connectivity index (χ4n) is 1.96. The molecule has 0 saturated carbocycles. The number of rotatable bonds is 8. The third-order valence-electron chi connectivity index (χ3n) is 3.11. The molecule has 0 atom stereocenters. The largest absolute Gasteiger partial charge is 0.467 e. The number of hydrogen-bond acceptors (Lipinski definition) is 5. The first-order chi connectivity index (χ1) is 10.6. The van der Waals surface area contributed by atoms with Crippen molar-refractivity contribution < 1.29 is 9.21 Å². The summed E-state index contributed by atoms with van der Waals surface area (Å²) < 4.78 is 5.18. The molecule has 0 aliphatic rings. The van der Waals surface area contributed by atoms with Gasteiger partial charge in [-0.2, -0.15) is 0 Å². The molecule has 0 unspecified atom stereocenters. The normalized spacial score (nSPS) is 10.7. The summed E-state index contributed by atoms with van der Waals surface area (Å²) >= 11 is 0. The van der Waals surface area contributed by atoms with Crippen LogP contribution in [0, 0.1) is 0 Å². The molecule has 22 heavy (non-hydrogen) atoms. The van der Waals surface area contributed by atoms with Gasteiger partial charge in [-0.05, 0) is 51.3 Å². The van der Waals surface area contributed by atoms with Crippen LogP contribution in [-0.2, 0) is 6.54 Å². The minimum atomic E-state index is -0.214. The van der Waals surface area contributed by atoms with E-state index in [0.717, 1.165) is 25.2 Å². The van der Waals surface area contributed by atoms with Gasteiger partial charge in [-0.15, -0.1) is 0 Å². The summed E-state index contributed by atoms with van der Waals surface area (Å²) in [6, 6.07) is 7.22. The third-order valence-corrected chi connectivity index (χ3v) is 3.11. The van der Waals surface area contributed by atoms with Gasteiger partial charge in [-0.1, -0.05) is 0 Å². The van der Waals surface area contributed by atoms with Crippen molar-refractivity contribution in [3.63, 3.8) is 0 Å². The van der Waals surface area contributed by atoms with Crippen LogP contribution in [0.1, 0.15) is 22.7 Å². The Morgan fingerprint density at radius 1 is 1.36 bits per heavy atom. The van der Waals surface area contributed by atoms with Gasteiger partial charge >= 0.3 is 0 Å². The second-order valence-corrected chi connectivity index (χ2v) is 5.28. The highest BCUT2D eigenvalue weighted by atomic mass is 16.3. The molecule has 0 aliphatic heterocycles. The molecule has 0 spiro atoms. The van der Waals surface area contributed by atoms with Gasteiger partial charge in [0, 0.05) is 18.4 Å². The van der Waals surface area contributed by atoms with E-state index in [-0.39, 0.29) is 5.91 Å². The lowest BCUT2D eigenvalue weighted by molar-refractivity contribution is 0.0943. The minimum absolute atomic E-state index is 0.214. The molecule has 2 heterocycles. The molecule has 0 bridgehead atoms. The van der Waals surface area contributed by atoms with Crippen LogP contribution >= 0.6 is 0 Å². The number of nitrogens with one attached hydrogen (secondary N) is 2. The molecule has 0 aliphatic carbocycles. The molecule has 2 aromatic heterocycles. The Morgan fingerprint density at radius 3 is 2.95 bits per heavy atom. The molecule has 0 fully saturated rings. The lowest BCUT2D eigenvalue weighted by Gasteiger charge is -2.11. The first-order valence-electron chi connectivity index (χ1n) is 7.30. The number of carbonyl (C=O) groups excluding carboxylic acids is 1. The lowest BCUT2D eigenvalue weighted by Crippen LogP contribution is -2.23. The van der Waals surface area contributed by atoms with Crippen molar-refractivity contribution in [2.45, 2.75) is 13.0 Å². The number of anilines is 1. The summed E-state index contributed by atoms with van der Waals surface area (Å²) in [6.07, 6.45) is 4.25. The van der Waals surface area contributed by atoms with E-state index in [1.165, 1.54) is 0 Å². The first-order valence-corrected chi connectivity index (χ1v) is 7.30. The zero-order valence-electron chi connectivity index (χ0n) is 13.0. The van der Waals surface area contributed by atoms with Gasteiger partial charge in [0.1, 0.15) is 11.5 Å². The topological polar surface area (TPSA) is 70.4 Å². The number of aromatic nitrogens is 1. The van der Waals surface area contributed by atoms with Gasteiger partial charge in [0.15, 0.2) is 0 Å². The van der Waals surface area contributed by atoms with Gasteiger partial charge in [-0.25, -0.2) is 0 Å². The summed E-state index contributed by atoms with van der Waals surface area (Å²) in [6.45, 7) is 2.23. The highest BCUT2D eigenvalue weighted by Crippen LogP contribution is 2.08. The zero-order chi connectivity index (χ0) is 15.8. The predicted octanol–water partition coefficient (Wildman–Crippen LogP) is 1.97. The number of hydrogen-bond donors (Lipinski definition) is 2. The van der Waals surface area contributed by atoms with Gasteiger partial charge in [-0.3, -0.25) is 9.78 Å². The molecule has 0 radical (unpaired) electrons. The van der Waals surface area contributed by atoms with E-state index < -0.39 is 0 Å². The van der Waals surface area contributed by atoms with E-state index in [4.69, 9.17) is 4.42 Å². The molecular formula is C16H22N4O2. The fraction of sp³-hybridized carbons (Fsp3) is 0.375. The Morgan fingerprint density at radius 2 is 2.23 bits per heavy atom. The van der Waals surface area contributed by atoms with E-state index in [1.807, 2.05) is 26.2 Å². The van der Waals surface area contributed by atoms with Crippen molar-refractivity contribution >= 4 is 11.6 Å². The molecule has 2 aromatic rings. The standard InChI is InChI=1S/C16H22N4O2/c1-20(2)9-4-7-17-13-6-8-18-15(11-13)16(21)19-12-14-5-3-10-22-14/h3,5-6,8,10-11H,4,7,9,12H2,1-2H3,(H,17,18)(H,19,21). The summed E-state index contributed by atoms with van der Waals surface area (Å²) in [5.74, 6) is 0.500. The van der Waals surface area contributed by atoms with Crippen molar-refractivity contribution in [2.24, 2.45) is 0 Å². The summed E-state index contributed by atoms with van der Waals surface area (Å²) in [5, 5.41) is 6.08. The van der Waals surface area contributed by atoms with Crippen LogP contribution in [0.4, 0.5) is 5.69 Å². The minimum Gasteiger partial charge on any atom is -0.467 e. The van der Waals surface area contributed by atoms with E-state index in [1.54, 1.807) is 24.6 Å². The van der Waals surface area contributed by atoms with E-state index in [0.29, 0.717) is 18.0 Å². The van der Waals surface area contributed by atoms with Gasteiger partial charge < -0.3 is 20.0 Å². The van der Waals surface area contributed by atoms with E-state index >= 15 is 0 Å². The number of amides is 1. The fourth-order valence-corrected chi connectivity index (χ4v) is 1.96. The first kappa shape index (κ1) is 16.0. The third kappa shape index (κ3) is 5.21. The molecule has 2 N–H and O–H groups in total. The summed E-state index contributed by atoms with van der Waals surface area (Å²) in [7, 11) is 4.10. The monoisotopic (exact) mass is 302 g/mol. The average Bonchev–Trinajstić information content (AvgIpc) is 3.03. The van der Waals surface area contributed by atoms with Crippen LogP contribution < -0.4 is 10.6 Å². The number of pyridine rings is 1. The molecular weight excluding hydrogens is 280 g/mol. The highest BCUT2D eigenvalue weighted by Gasteiger charge is 2.08. The van der Waals surface area contributed by atoms with E-state index in [9.17, 15) is 4.79 Å². The van der Waals surface area contributed by atoms with E-state index in [2.05, 4.69) is 20.5 Å². The van der Waals surface area contributed by atoms with Gasteiger partial charge in [0.2, 0.25) is 0 Å². The Kier molecular flexibility index (Phi) is 5.97. The van der Waals surface area contributed by atoms with Gasteiger partial charge in [0.25, 0.3) is 5.91 Å². The Hall–Kier alpha value is -2.34. The molecule has 0 saturated heterocycles. The van der Waals surface area contributed by atoms with Crippen LogP contribution in [0.5, 0.6) is 0 Å². The van der Waals surface area contributed by atoms with Crippen molar-refractivity contribution in [1.82, 2.24) is 15.2 Å². The Labute approximate surface area is 130 Å². The number of nitrogens with zero attached hydrogens (tertiary/aromatic N) is 2. The Balaban J connectivity index is 1.83. The van der Waals surface area contributed by atoms with Crippen LogP contribution in [0.2, 0.25) is 0 Å². The summed E-state index contributed by atoms with van der Waals surface area (Å²) in [5.41, 5.74) is 1.29. The maximum absolute atomic E-state index is 12.1. The van der Waals surface area contributed by atoms with Crippen molar-refractivity contribution in [1.29, 1.82) is 0 Å². The maximum atomic E-state index is 12.1. The molecule has 1 amide bonds. The van der Waals surface area contributed by atoms with Crippen LogP contribution in [-0.4, -0.2) is 43.0 Å². The van der Waals surface area contributed by atoms with Crippen molar-refractivity contribution in [2.75, 3.05) is 32.5 Å². The van der Waals surface area contributed by atoms with Crippen LogP contribution in [0.25, 0.3) is 0 Å². The van der Waals surface area contributed by atoms with Crippen LogP contribution in [0.15, 0.2) is 41.1 Å². The van der Waals surface area contributed by atoms with Gasteiger partial charge in [0.05, 0.1) is 12.8 Å². The average molecular weight is 302 g/mol. The molecule has 118 valence electrons. The Bertz CT molecular complexity index is 582. The van der Waals surface area contributed by atoms with Crippen molar-refractivity contribution in [3.05, 3.63) is 48.2 Å². The maximum Gasteiger partial charge on any atom is 0.270 e. The number of carbonyl (C=O) groups is 1. The lowest BCUT2D eigenvalue weighted by atomic mass is 10.3. The van der Waals surface area contributed by atoms with Crippen molar-refractivity contribution in [3.8, 4) is 0 Å². The highest BCUT2D eigenvalue weighted by molar-refractivity contribution is 5.92. The zero-order valence-corrected chi connectivity index (χ0v) is 13.0. The molecule has 0 aromatic carbocycles. The smallest absolute Gasteiger partial charge is 0.270 e. The predicted molar refractivity (Wildman–Crippen MR) is 85.8 cm³/mol.